The van der Waals surface area contributed by atoms with Crippen LogP contribution >= 0.6 is 0 Å². The lowest BCUT2D eigenvalue weighted by Crippen LogP contribution is -2.30. The van der Waals surface area contributed by atoms with Crippen LogP contribution in [-0.4, -0.2) is 16.8 Å². The third kappa shape index (κ3) is 4.33. The van der Waals surface area contributed by atoms with Crippen LogP contribution in [0.3, 0.4) is 0 Å². The Morgan fingerprint density at radius 3 is 2.27 bits per heavy atom. The highest BCUT2D eigenvalue weighted by Gasteiger charge is 2.18. The number of benzene rings is 2. The van der Waals surface area contributed by atoms with Crippen LogP contribution in [0.15, 0.2) is 79.0 Å². The van der Waals surface area contributed by atoms with E-state index >= 15 is 0 Å². The highest BCUT2D eigenvalue weighted by molar-refractivity contribution is 6.06. The molecule has 1 aromatic heterocycles. The number of carbonyl (C=O) groups excluding carboxylic acids is 2. The van der Waals surface area contributed by atoms with Crippen LogP contribution < -0.4 is 10.2 Å². The van der Waals surface area contributed by atoms with Crippen molar-refractivity contribution in [3.63, 3.8) is 0 Å². The molecule has 2 aromatic carbocycles. The molecule has 2 amide bonds. The molecule has 1 heterocycles. The first-order chi connectivity index (χ1) is 12.6. The van der Waals surface area contributed by atoms with E-state index in [1.807, 2.05) is 60.7 Å². The van der Waals surface area contributed by atoms with Crippen molar-refractivity contribution in [2.24, 2.45) is 0 Å². The van der Waals surface area contributed by atoms with E-state index in [9.17, 15) is 9.59 Å². The van der Waals surface area contributed by atoms with Crippen molar-refractivity contribution in [3.05, 3.63) is 90.1 Å². The van der Waals surface area contributed by atoms with Crippen molar-refractivity contribution >= 4 is 23.3 Å². The van der Waals surface area contributed by atoms with E-state index in [-0.39, 0.29) is 11.8 Å². The van der Waals surface area contributed by atoms with E-state index < -0.39 is 0 Å². The van der Waals surface area contributed by atoms with Crippen LogP contribution in [0.1, 0.15) is 22.8 Å². The molecular formula is C21H19N3O2. The predicted octanol–water partition coefficient (Wildman–Crippen LogP) is 3.89. The van der Waals surface area contributed by atoms with Gasteiger partial charge in [0.05, 0.1) is 6.54 Å². The first-order valence-corrected chi connectivity index (χ1v) is 8.28. The maximum atomic E-state index is 13.2. The average molecular weight is 345 g/mol. The minimum Gasteiger partial charge on any atom is -0.311 e. The van der Waals surface area contributed by atoms with Gasteiger partial charge in [0.25, 0.3) is 5.91 Å². The van der Waals surface area contributed by atoms with Crippen LogP contribution in [0.25, 0.3) is 0 Å². The molecule has 0 spiro atoms. The molecule has 0 saturated carbocycles. The third-order valence-corrected chi connectivity index (χ3v) is 3.81. The van der Waals surface area contributed by atoms with Crippen molar-refractivity contribution in [1.82, 2.24) is 4.98 Å². The Bertz CT molecular complexity index is 895. The summed E-state index contributed by atoms with van der Waals surface area (Å²) in [7, 11) is 0. The Kier molecular flexibility index (Phi) is 5.39. The monoisotopic (exact) mass is 345 g/mol. The van der Waals surface area contributed by atoms with Gasteiger partial charge in [-0.05, 0) is 29.8 Å². The molecule has 0 unspecified atom stereocenters. The lowest BCUT2D eigenvalue weighted by Gasteiger charge is -2.23. The molecule has 26 heavy (non-hydrogen) atoms. The highest BCUT2D eigenvalue weighted by atomic mass is 16.2. The van der Waals surface area contributed by atoms with Crippen LogP contribution in [0.2, 0.25) is 0 Å². The molecule has 130 valence electrons. The Labute approximate surface area is 152 Å². The van der Waals surface area contributed by atoms with E-state index in [4.69, 9.17) is 0 Å². The molecule has 3 aromatic rings. The van der Waals surface area contributed by atoms with Crippen molar-refractivity contribution in [2.75, 3.05) is 10.2 Å². The topological polar surface area (TPSA) is 62.3 Å². The fourth-order valence-electron chi connectivity index (χ4n) is 2.62. The van der Waals surface area contributed by atoms with E-state index in [2.05, 4.69) is 10.3 Å². The summed E-state index contributed by atoms with van der Waals surface area (Å²) in [4.78, 5) is 30.2. The van der Waals surface area contributed by atoms with Gasteiger partial charge in [0, 0.05) is 24.4 Å². The fraction of sp³-hybridized carbons (Fsp3) is 0.0952. The Hall–Kier alpha value is -3.47. The highest BCUT2D eigenvalue weighted by Crippen LogP contribution is 2.20. The molecule has 5 heteroatoms. The number of hydrogen-bond acceptors (Lipinski definition) is 3. The summed E-state index contributed by atoms with van der Waals surface area (Å²) >= 11 is 0. The Balaban J connectivity index is 1.93. The van der Waals surface area contributed by atoms with E-state index in [0.717, 1.165) is 11.3 Å². The van der Waals surface area contributed by atoms with Gasteiger partial charge in [-0.1, -0.05) is 48.5 Å². The van der Waals surface area contributed by atoms with Gasteiger partial charge in [-0.15, -0.1) is 0 Å². The Morgan fingerprint density at radius 2 is 1.62 bits per heavy atom. The van der Waals surface area contributed by atoms with Gasteiger partial charge in [0.1, 0.15) is 5.82 Å². The van der Waals surface area contributed by atoms with Crippen LogP contribution in [0.4, 0.5) is 11.5 Å². The molecule has 0 aliphatic rings. The van der Waals surface area contributed by atoms with Crippen molar-refractivity contribution < 1.29 is 9.59 Å². The number of carbonyl (C=O) groups is 2. The summed E-state index contributed by atoms with van der Waals surface area (Å²) in [6.45, 7) is 1.85. The fourth-order valence-corrected chi connectivity index (χ4v) is 2.62. The van der Waals surface area contributed by atoms with Gasteiger partial charge in [-0.2, -0.15) is 0 Å². The van der Waals surface area contributed by atoms with Gasteiger partial charge in [-0.25, -0.2) is 4.98 Å². The summed E-state index contributed by atoms with van der Waals surface area (Å²) < 4.78 is 0. The van der Waals surface area contributed by atoms with Crippen molar-refractivity contribution in [2.45, 2.75) is 13.5 Å². The normalized spacial score (nSPS) is 10.2. The lowest BCUT2D eigenvalue weighted by molar-refractivity contribution is -0.114. The number of aromatic nitrogens is 1. The minimum absolute atomic E-state index is 0.158. The van der Waals surface area contributed by atoms with Gasteiger partial charge >= 0.3 is 0 Å². The maximum absolute atomic E-state index is 13.2. The summed E-state index contributed by atoms with van der Waals surface area (Å²) in [6.07, 6.45) is 1.52. The lowest BCUT2D eigenvalue weighted by atomic mass is 10.1. The van der Waals surface area contributed by atoms with Crippen molar-refractivity contribution in [3.8, 4) is 0 Å². The molecule has 0 aliphatic carbocycles. The Morgan fingerprint density at radius 1 is 0.962 bits per heavy atom. The zero-order valence-corrected chi connectivity index (χ0v) is 14.4. The first-order valence-electron chi connectivity index (χ1n) is 8.28. The second-order valence-corrected chi connectivity index (χ2v) is 5.82. The molecule has 0 radical (unpaired) electrons. The predicted molar refractivity (Wildman–Crippen MR) is 102 cm³/mol. The minimum atomic E-state index is -0.230. The van der Waals surface area contributed by atoms with Crippen molar-refractivity contribution in [1.29, 1.82) is 0 Å². The summed E-state index contributed by atoms with van der Waals surface area (Å²) in [5.74, 6) is -0.0311. The number of pyridine rings is 1. The quantitative estimate of drug-likeness (QED) is 0.763. The van der Waals surface area contributed by atoms with E-state index in [1.165, 1.54) is 13.1 Å². The number of amides is 2. The molecule has 3 rings (SSSR count). The molecule has 0 aliphatic heterocycles. The average Bonchev–Trinajstić information content (AvgIpc) is 2.67. The maximum Gasteiger partial charge on any atom is 0.258 e. The number of para-hydroxylation sites is 1. The van der Waals surface area contributed by atoms with Crippen LogP contribution in [-0.2, 0) is 11.3 Å². The van der Waals surface area contributed by atoms with Crippen LogP contribution in [0, 0.1) is 0 Å². The molecule has 0 saturated heterocycles. The van der Waals surface area contributed by atoms with Gasteiger partial charge in [-0.3, -0.25) is 9.59 Å². The van der Waals surface area contributed by atoms with Gasteiger partial charge in [0.2, 0.25) is 5.91 Å². The summed E-state index contributed by atoms with van der Waals surface area (Å²) in [5, 5.41) is 2.61. The van der Waals surface area contributed by atoms with E-state index in [1.54, 1.807) is 17.0 Å². The second kappa shape index (κ2) is 8.07. The molecule has 0 bridgehead atoms. The largest absolute Gasteiger partial charge is 0.311 e. The SMILES string of the molecule is CC(=O)Nc1cc(C(=O)N(Cc2ccccc2)c2ccccc2)ccn1. The van der Waals surface area contributed by atoms with Gasteiger partial charge < -0.3 is 10.2 Å². The number of anilines is 2. The smallest absolute Gasteiger partial charge is 0.258 e. The number of nitrogens with zero attached hydrogens (tertiary/aromatic N) is 2. The number of nitrogens with one attached hydrogen (secondary N) is 1. The van der Waals surface area contributed by atoms with Gasteiger partial charge in [0.15, 0.2) is 0 Å². The second-order valence-electron chi connectivity index (χ2n) is 5.82. The zero-order chi connectivity index (χ0) is 18.4. The van der Waals surface area contributed by atoms with E-state index in [0.29, 0.717) is 17.9 Å². The number of hydrogen-bond donors (Lipinski definition) is 1. The number of rotatable bonds is 5. The summed E-state index contributed by atoms with van der Waals surface area (Å²) in [6, 6.07) is 22.6. The third-order valence-electron chi connectivity index (χ3n) is 3.81. The molecule has 5 nitrogen and oxygen atoms in total. The molecular weight excluding hydrogens is 326 g/mol. The zero-order valence-electron chi connectivity index (χ0n) is 14.4. The molecule has 0 fully saturated rings. The molecule has 1 N–H and O–H groups in total. The standard InChI is InChI=1S/C21H19N3O2/c1-16(25)23-20-14-18(12-13-22-20)21(26)24(19-10-6-3-7-11-19)15-17-8-4-2-5-9-17/h2-14H,15H2,1H3,(H,22,23,25). The summed E-state index contributed by atoms with van der Waals surface area (Å²) in [5.41, 5.74) is 2.30. The first kappa shape index (κ1) is 17.4. The molecule has 0 atom stereocenters. The van der Waals surface area contributed by atoms with Crippen LogP contribution in [0.5, 0.6) is 0 Å².